The number of nitrogens with one attached hydrogen (secondary N) is 1. The number of halogens is 1. The van der Waals surface area contributed by atoms with Crippen molar-refractivity contribution in [2.75, 3.05) is 7.11 Å². The summed E-state index contributed by atoms with van der Waals surface area (Å²) >= 11 is 3.51. The van der Waals surface area contributed by atoms with Crippen molar-refractivity contribution in [2.24, 2.45) is 0 Å². The number of hydrogen-bond donors (Lipinski definition) is 1. The number of methoxy groups -OCH3 is 1. The summed E-state index contributed by atoms with van der Waals surface area (Å²) in [7, 11) is 1.71. The molecule has 0 heterocycles. The first kappa shape index (κ1) is 15.1. The topological polar surface area (TPSA) is 21.3 Å². The number of rotatable bonds is 5. The predicted molar refractivity (Wildman–Crippen MR) is 87.1 cm³/mol. The van der Waals surface area contributed by atoms with Gasteiger partial charge in [-0.3, -0.25) is 0 Å². The molecule has 0 radical (unpaired) electrons. The summed E-state index contributed by atoms with van der Waals surface area (Å²) in [6.07, 6.45) is 0. The van der Waals surface area contributed by atoms with Crippen LogP contribution in [0, 0.1) is 6.92 Å². The van der Waals surface area contributed by atoms with Gasteiger partial charge in [0, 0.05) is 22.6 Å². The van der Waals surface area contributed by atoms with E-state index in [2.05, 4.69) is 65.4 Å². The number of benzene rings is 2. The Morgan fingerprint density at radius 2 is 2.00 bits per heavy atom. The van der Waals surface area contributed by atoms with Crippen molar-refractivity contribution in [3.05, 3.63) is 63.6 Å². The lowest BCUT2D eigenvalue weighted by Crippen LogP contribution is -2.18. The fourth-order valence-corrected chi connectivity index (χ4v) is 2.62. The highest BCUT2D eigenvalue weighted by Crippen LogP contribution is 2.22. The molecule has 0 aliphatic carbocycles. The van der Waals surface area contributed by atoms with E-state index >= 15 is 0 Å². The van der Waals surface area contributed by atoms with E-state index in [0.29, 0.717) is 0 Å². The van der Waals surface area contributed by atoms with Gasteiger partial charge in [0.1, 0.15) is 5.75 Å². The molecule has 1 atom stereocenters. The van der Waals surface area contributed by atoms with Gasteiger partial charge in [-0.1, -0.05) is 45.8 Å². The average molecular weight is 334 g/mol. The second kappa shape index (κ2) is 6.91. The molecule has 2 rings (SSSR count). The van der Waals surface area contributed by atoms with Gasteiger partial charge in [0.2, 0.25) is 0 Å². The van der Waals surface area contributed by atoms with Crippen LogP contribution in [0.5, 0.6) is 5.75 Å². The molecule has 20 heavy (non-hydrogen) atoms. The summed E-state index contributed by atoms with van der Waals surface area (Å²) in [5.41, 5.74) is 3.71. The largest absolute Gasteiger partial charge is 0.496 e. The van der Waals surface area contributed by atoms with Gasteiger partial charge in [-0.25, -0.2) is 0 Å². The highest BCUT2D eigenvalue weighted by molar-refractivity contribution is 9.10. The number of ether oxygens (including phenoxy) is 1. The molecule has 0 spiro atoms. The minimum Gasteiger partial charge on any atom is -0.496 e. The molecule has 0 bridgehead atoms. The van der Waals surface area contributed by atoms with Crippen molar-refractivity contribution in [3.8, 4) is 5.75 Å². The van der Waals surface area contributed by atoms with Gasteiger partial charge < -0.3 is 10.1 Å². The fourth-order valence-electron chi connectivity index (χ4n) is 2.20. The van der Waals surface area contributed by atoms with Crippen molar-refractivity contribution in [1.82, 2.24) is 5.32 Å². The molecule has 0 aliphatic heterocycles. The van der Waals surface area contributed by atoms with Crippen LogP contribution in [0.2, 0.25) is 0 Å². The monoisotopic (exact) mass is 333 g/mol. The second-order valence-electron chi connectivity index (χ2n) is 4.97. The minimum atomic E-state index is 0.290. The van der Waals surface area contributed by atoms with Crippen LogP contribution in [-0.2, 0) is 6.54 Å². The van der Waals surface area contributed by atoms with E-state index in [1.165, 1.54) is 16.7 Å². The lowest BCUT2D eigenvalue weighted by atomic mass is 10.1. The van der Waals surface area contributed by atoms with Gasteiger partial charge in [-0.2, -0.15) is 0 Å². The molecule has 3 heteroatoms. The first-order chi connectivity index (χ1) is 9.60. The van der Waals surface area contributed by atoms with E-state index < -0.39 is 0 Å². The van der Waals surface area contributed by atoms with Crippen LogP contribution in [0.15, 0.2) is 46.9 Å². The summed E-state index contributed by atoms with van der Waals surface area (Å²) in [5.74, 6) is 0.935. The van der Waals surface area contributed by atoms with E-state index in [4.69, 9.17) is 4.74 Å². The molecular formula is C17H20BrNO. The average Bonchev–Trinajstić information content (AvgIpc) is 2.45. The molecule has 1 unspecified atom stereocenters. The lowest BCUT2D eigenvalue weighted by molar-refractivity contribution is 0.406. The van der Waals surface area contributed by atoms with Gasteiger partial charge in [0.25, 0.3) is 0 Å². The summed E-state index contributed by atoms with van der Waals surface area (Å²) < 4.78 is 6.52. The SMILES string of the molecule is COc1ccc(C)cc1CNC(C)c1cccc(Br)c1. The van der Waals surface area contributed by atoms with Crippen LogP contribution in [-0.4, -0.2) is 7.11 Å². The molecule has 0 saturated carbocycles. The standard InChI is InChI=1S/C17H20BrNO/c1-12-7-8-17(20-3)15(9-12)11-19-13(2)14-5-4-6-16(18)10-14/h4-10,13,19H,11H2,1-3H3. The Morgan fingerprint density at radius 1 is 1.20 bits per heavy atom. The van der Waals surface area contributed by atoms with E-state index in [0.717, 1.165) is 16.8 Å². The van der Waals surface area contributed by atoms with Crippen LogP contribution in [0.4, 0.5) is 0 Å². The third-order valence-electron chi connectivity index (χ3n) is 3.38. The third kappa shape index (κ3) is 3.84. The molecule has 2 aromatic rings. The van der Waals surface area contributed by atoms with Crippen LogP contribution in [0.25, 0.3) is 0 Å². The van der Waals surface area contributed by atoms with Crippen LogP contribution in [0.1, 0.15) is 29.7 Å². The highest BCUT2D eigenvalue weighted by Gasteiger charge is 2.08. The van der Waals surface area contributed by atoms with Crippen LogP contribution < -0.4 is 10.1 Å². The lowest BCUT2D eigenvalue weighted by Gasteiger charge is -2.16. The first-order valence-electron chi connectivity index (χ1n) is 6.72. The Kier molecular flexibility index (Phi) is 5.21. The maximum atomic E-state index is 5.41. The van der Waals surface area contributed by atoms with E-state index in [1.807, 2.05) is 12.1 Å². The van der Waals surface area contributed by atoms with Crippen molar-refractivity contribution < 1.29 is 4.74 Å². The molecule has 106 valence electrons. The molecule has 2 aromatic carbocycles. The van der Waals surface area contributed by atoms with E-state index in [9.17, 15) is 0 Å². The summed E-state index contributed by atoms with van der Waals surface area (Å²) in [4.78, 5) is 0. The normalized spacial score (nSPS) is 12.2. The van der Waals surface area contributed by atoms with Crippen LogP contribution >= 0.6 is 15.9 Å². The predicted octanol–water partition coefficient (Wildman–Crippen LogP) is 4.62. The zero-order valence-corrected chi connectivity index (χ0v) is 13.7. The van der Waals surface area contributed by atoms with Gasteiger partial charge in [0.15, 0.2) is 0 Å². The molecular weight excluding hydrogens is 314 g/mol. The van der Waals surface area contributed by atoms with Crippen molar-refractivity contribution >= 4 is 15.9 Å². The molecule has 1 N–H and O–H groups in total. The molecule has 0 amide bonds. The van der Waals surface area contributed by atoms with Crippen LogP contribution in [0.3, 0.4) is 0 Å². The summed E-state index contributed by atoms with van der Waals surface area (Å²) in [6, 6.07) is 14.9. The zero-order chi connectivity index (χ0) is 14.5. The number of aryl methyl sites for hydroxylation is 1. The van der Waals surface area contributed by atoms with Gasteiger partial charge in [-0.15, -0.1) is 0 Å². The zero-order valence-electron chi connectivity index (χ0n) is 12.1. The Balaban J connectivity index is 2.06. The Morgan fingerprint density at radius 3 is 2.70 bits per heavy atom. The minimum absolute atomic E-state index is 0.290. The van der Waals surface area contributed by atoms with Gasteiger partial charge in [-0.05, 0) is 37.6 Å². The maximum absolute atomic E-state index is 5.41. The van der Waals surface area contributed by atoms with E-state index in [-0.39, 0.29) is 6.04 Å². The summed E-state index contributed by atoms with van der Waals surface area (Å²) in [5, 5.41) is 3.54. The van der Waals surface area contributed by atoms with Crippen molar-refractivity contribution in [3.63, 3.8) is 0 Å². The third-order valence-corrected chi connectivity index (χ3v) is 3.88. The van der Waals surface area contributed by atoms with Gasteiger partial charge in [0.05, 0.1) is 7.11 Å². The summed E-state index contributed by atoms with van der Waals surface area (Å²) in [6.45, 7) is 5.06. The highest BCUT2D eigenvalue weighted by atomic mass is 79.9. The molecule has 0 fully saturated rings. The Labute approximate surface area is 129 Å². The van der Waals surface area contributed by atoms with Crippen molar-refractivity contribution in [1.29, 1.82) is 0 Å². The molecule has 0 aliphatic rings. The molecule has 0 aromatic heterocycles. The quantitative estimate of drug-likeness (QED) is 0.862. The Bertz CT molecular complexity index is 583. The first-order valence-corrected chi connectivity index (χ1v) is 7.52. The molecule has 2 nitrogen and oxygen atoms in total. The Hall–Kier alpha value is -1.32. The number of hydrogen-bond acceptors (Lipinski definition) is 2. The van der Waals surface area contributed by atoms with Crippen molar-refractivity contribution in [2.45, 2.75) is 26.4 Å². The molecule has 0 saturated heterocycles. The smallest absolute Gasteiger partial charge is 0.123 e. The van der Waals surface area contributed by atoms with E-state index in [1.54, 1.807) is 7.11 Å². The maximum Gasteiger partial charge on any atom is 0.123 e. The second-order valence-corrected chi connectivity index (χ2v) is 5.89. The van der Waals surface area contributed by atoms with Gasteiger partial charge >= 0.3 is 0 Å². The fraction of sp³-hybridized carbons (Fsp3) is 0.294.